The molecule has 0 amide bonds. The summed E-state index contributed by atoms with van der Waals surface area (Å²) in [6, 6.07) is 2.37. The standard InChI is InChI=1S/C13H17BrFN3O2/c1-17-4-2-3-9(8-17)7-16-12-5-10(14)11(15)6-13(12)18(19)20/h5-6,9,16H,2-4,7-8H2,1H3. The van der Waals surface area contributed by atoms with E-state index in [-0.39, 0.29) is 10.2 Å². The molecule has 5 nitrogen and oxygen atoms in total. The topological polar surface area (TPSA) is 58.4 Å². The number of nitrogens with zero attached hydrogens (tertiary/aromatic N) is 2. The molecule has 2 rings (SSSR count). The maximum atomic E-state index is 13.4. The number of anilines is 1. The Labute approximate surface area is 125 Å². The summed E-state index contributed by atoms with van der Waals surface area (Å²) in [5.74, 6) is -0.170. The van der Waals surface area contributed by atoms with Crippen molar-refractivity contribution in [3.05, 3.63) is 32.5 Å². The molecule has 0 spiro atoms. The fourth-order valence-corrected chi connectivity index (χ4v) is 2.87. The number of nitro benzene ring substituents is 1. The maximum Gasteiger partial charge on any atom is 0.295 e. The van der Waals surface area contributed by atoms with Crippen LogP contribution in [0.3, 0.4) is 0 Å². The van der Waals surface area contributed by atoms with Crippen LogP contribution in [-0.4, -0.2) is 36.5 Å². The molecule has 1 saturated heterocycles. The van der Waals surface area contributed by atoms with E-state index >= 15 is 0 Å². The van der Waals surface area contributed by atoms with Gasteiger partial charge in [-0.2, -0.15) is 0 Å². The van der Waals surface area contributed by atoms with Crippen molar-refractivity contribution in [3.8, 4) is 0 Å². The van der Waals surface area contributed by atoms with Crippen LogP contribution in [0.4, 0.5) is 15.8 Å². The molecule has 20 heavy (non-hydrogen) atoms. The summed E-state index contributed by atoms with van der Waals surface area (Å²) >= 11 is 3.06. The van der Waals surface area contributed by atoms with Gasteiger partial charge in [-0.25, -0.2) is 4.39 Å². The van der Waals surface area contributed by atoms with Crippen molar-refractivity contribution in [1.82, 2.24) is 4.90 Å². The van der Waals surface area contributed by atoms with E-state index in [2.05, 4.69) is 33.2 Å². The predicted octanol–water partition coefficient (Wildman–Crippen LogP) is 3.25. The summed E-state index contributed by atoms with van der Waals surface area (Å²) in [6.45, 7) is 2.73. The third-order valence-corrected chi connectivity index (χ3v) is 4.15. The normalized spacial score (nSPS) is 19.9. The number of hydrogen-bond donors (Lipinski definition) is 1. The van der Waals surface area contributed by atoms with Crippen molar-refractivity contribution in [1.29, 1.82) is 0 Å². The summed E-state index contributed by atoms with van der Waals surface area (Å²) in [6.07, 6.45) is 2.24. The van der Waals surface area contributed by atoms with E-state index in [1.807, 2.05) is 0 Å². The lowest BCUT2D eigenvalue weighted by atomic mass is 9.98. The van der Waals surface area contributed by atoms with Gasteiger partial charge >= 0.3 is 0 Å². The number of likely N-dealkylation sites (tertiary alicyclic amines) is 1. The number of hydrogen-bond acceptors (Lipinski definition) is 4. The Morgan fingerprint density at radius 1 is 1.60 bits per heavy atom. The van der Waals surface area contributed by atoms with Gasteiger partial charge in [-0.15, -0.1) is 0 Å². The van der Waals surface area contributed by atoms with Crippen molar-refractivity contribution in [3.63, 3.8) is 0 Å². The minimum absolute atomic E-state index is 0.227. The molecule has 1 aromatic rings. The molecule has 0 aliphatic carbocycles. The zero-order valence-electron chi connectivity index (χ0n) is 11.2. The molecule has 1 heterocycles. The summed E-state index contributed by atoms with van der Waals surface area (Å²) in [4.78, 5) is 12.7. The zero-order valence-corrected chi connectivity index (χ0v) is 12.8. The minimum atomic E-state index is -0.625. The second-order valence-corrected chi connectivity index (χ2v) is 6.05. The highest BCUT2D eigenvalue weighted by molar-refractivity contribution is 9.10. The molecule has 1 atom stereocenters. The Balaban J connectivity index is 2.08. The number of nitro groups is 1. The van der Waals surface area contributed by atoms with E-state index in [1.165, 1.54) is 6.07 Å². The van der Waals surface area contributed by atoms with Gasteiger partial charge in [0.1, 0.15) is 11.5 Å². The number of nitrogens with one attached hydrogen (secondary N) is 1. The Kier molecular flexibility index (Phi) is 4.93. The van der Waals surface area contributed by atoms with Gasteiger partial charge < -0.3 is 10.2 Å². The first kappa shape index (κ1) is 15.2. The molecule has 1 aliphatic rings. The predicted molar refractivity (Wildman–Crippen MR) is 79.5 cm³/mol. The van der Waals surface area contributed by atoms with Crippen LogP contribution in [0.5, 0.6) is 0 Å². The molecule has 1 N–H and O–H groups in total. The van der Waals surface area contributed by atoms with Gasteiger partial charge in [0.2, 0.25) is 0 Å². The number of halogens is 2. The van der Waals surface area contributed by atoms with Crippen LogP contribution in [0.25, 0.3) is 0 Å². The lowest BCUT2D eigenvalue weighted by molar-refractivity contribution is -0.384. The molecular weight excluding hydrogens is 329 g/mol. The van der Waals surface area contributed by atoms with Crippen molar-refractivity contribution in [2.45, 2.75) is 12.8 Å². The molecular formula is C13H17BrFN3O2. The van der Waals surface area contributed by atoms with Crippen LogP contribution in [-0.2, 0) is 0 Å². The quantitative estimate of drug-likeness (QED) is 0.672. The summed E-state index contributed by atoms with van der Waals surface area (Å²) in [5, 5.41) is 14.1. The molecule has 0 bridgehead atoms. The van der Waals surface area contributed by atoms with Crippen LogP contribution in [0.2, 0.25) is 0 Å². The van der Waals surface area contributed by atoms with E-state index in [9.17, 15) is 14.5 Å². The lowest BCUT2D eigenvalue weighted by Gasteiger charge is -2.29. The smallest absolute Gasteiger partial charge is 0.295 e. The number of piperidine rings is 1. The molecule has 0 aromatic heterocycles. The van der Waals surface area contributed by atoms with Crippen LogP contribution in [0.15, 0.2) is 16.6 Å². The van der Waals surface area contributed by atoms with Gasteiger partial charge in [0, 0.05) is 13.1 Å². The largest absolute Gasteiger partial charge is 0.379 e. The Morgan fingerprint density at radius 3 is 3.00 bits per heavy atom. The first-order valence-corrected chi connectivity index (χ1v) is 7.32. The van der Waals surface area contributed by atoms with Crippen molar-refractivity contribution >= 4 is 27.3 Å². The molecule has 1 aromatic carbocycles. The van der Waals surface area contributed by atoms with Gasteiger partial charge in [0.15, 0.2) is 0 Å². The van der Waals surface area contributed by atoms with E-state index < -0.39 is 10.7 Å². The molecule has 110 valence electrons. The van der Waals surface area contributed by atoms with Crippen molar-refractivity contribution in [2.75, 3.05) is 32.0 Å². The maximum absolute atomic E-state index is 13.4. The fraction of sp³-hybridized carbons (Fsp3) is 0.538. The molecule has 1 aliphatic heterocycles. The Hall–Kier alpha value is -1.21. The third-order valence-electron chi connectivity index (χ3n) is 3.54. The monoisotopic (exact) mass is 345 g/mol. The van der Waals surface area contributed by atoms with E-state index in [4.69, 9.17) is 0 Å². The average molecular weight is 346 g/mol. The lowest BCUT2D eigenvalue weighted by Crippen LogP contribution is -2.35. The molecule has 0 saturated carbocycles. The van der Waals surface area contributed by atoms with Gasteiger partial charge in [0.05, 0.1) is 15.5 Å². The molecule has 0 radical (unpaired) electrons. The number of rotatable bonds is 4. The highest BCUT2D eigenvalue weighted by Crippen LogP contribution is 2.31. The minimum Gasteiger partial charge on any atom is -0.379 e. The van der Waals surface area contributed by atoms with Crippen molar-refractivity contribution < 1.29 is 9.31 Å². The first-order valence-electron chi connectivity index (χ1n) is 6.53. The fourth-order valence-electron chi connectivity index (χ4n) is 2.52. The molecule has 1 fully saturated rings. The van der Waals surface area contributed by atoms with Crippen LogP contribution < -0.4 is 5.32 Å². The molecule has 1 unspecified atom stereocenters. The van der Waals surface area contributed by atoms with Crippen LogP contribution in [0.1, 0.15) is 12.8 Å². The van der Waals surface area contributed by atoms with Crippen LogP contribution in [0, 0.1) is 21.8 Å². The highest BCUT2D eigenvalue weighted by Gasteiger charge is 2.21. The third kappa shape index (κ3) is 3.67. The van der Waals surface area contributed by atoms with Gasteiger partial charge in [0.25, 0.3) is 5.69 Å². The average Bonchev–Trinajstić information content (AvgIpc) is 2.39. The number of benzene rings is 1. The first-order chi connectivity index (χ1) is 9.47. The van der Waals surface area contributed by atoms with E-state index in [0.29, 0.717) is 18.2 Å². The Morgan fingerprint density at radius 2 is 2.35 bits per heavy atom. The summed E-state index contributed by atoms with van der Waals surface area (Å²) in [5.41, 5.74) is 0.131. The second-order valence-electron chi connectivity index (χ2n) is 5.19. The van der Waals surface area contributed by atoms with Gasteiger partial charge in [-0.05, 0) is 54.3 Å². The van der Waals surface area contributed by atoms with Crippen molar-refractivity contribution in [2.24, 2.45) is 5.92 Å². The zero-order chi connectivity index (χ0) is 14.7. The van der Waals surface area contributed by atoms with E-state index in [0.717, 1.165) is 32.0 Å². The SMILES string of the molecule is CN1CCCC(CNc2cc(Br)c(F)cc2[N+](=O)[O-])C1. The van der Waals surface area contributed by atoms with E-state index in [1.54, 1.807) is 0 Å². The second kappa shape index (κ2) is 6.49. The van der Waals surface area contributed by atoms with Gasteiger partial charge in [-0.3, -0.25) is 10.1 Å². The Bertz CT molecular complexity index is 513. The molecule has 7 heteroatoms. The van der Waals surface area contributed by atoms with Gasteiger partial charge in [-0.1, -0.05) is 0 Å². The summed E-state index contributed by atoms with van der Waals surface area (Å²) < 4.78 is 13.6. The summed E-state index contributed by atoms with van der Waals surface area (Å²) in [7, 11) is 2.07. The highest BCUT2D eigenvalue weighted by atomic mass is 79.9. The van der Waals surface area contributed by atoms with Crippen LogP contribution >= 0.6 is 15.9 Å².